The van der Waals surface area contributed by atoms with Crippen molar-refractivity contribution in [3.05, 3.63) is 164 Å². The van der Waals surface area contributed by atoms with Gasteiger partial charge in [-0.05, 0) is 90.0 Å². The van der Waals surface area contributed by atoms with Crippen LogP contribution in [-0.4, -0.2) is 4.98 Å². The highest BCUT2D eigenvalue weighted by molar-refractivity contribution is 7.21. The van der Waals surface area contributed by atoms with Gasteiger partial charge in [0, 0.05) is 5.56 Å². The average Bonchev–Trinajstić information content (AvgIpc) is 3.55. The maximum absolute atomic E-state index is 4.90. The smallest absolute Gasteiger partial charge is 0.124 e. The molecule has 210 valence electrons. The largest absolute Gasteiger partial charge is 0.236 e. The Balaban J connectivity index is 1.30. The summed E-state index contributed by atoms with van der Waals surface area (Å²) in [5.41, 5.74) is 9.68. The van der Waals surface area contributed by atoms with Gasteiger partial charge in [0.2, 0.25) is 0 Å². The van der Waals surface area contributed by atoms with E-state index in [1.807, 2.05) is 0 Å². The highest BCUT2D eigenvalue weighted by Crippen LogP contribution is 2.47. The van der Waals surface area contributed by atoms with Crippen molar-refractivity contribution in [2.24, 2.45) is 0 Å². The first-order chi connectivity index (χ1) is 22.3. The third-order valence-electron chi connectivity index (χ3n) is 8.89. The van der Waals surface area contributed by atoms with Crippen molar-refractivity contribution in [3.8, 4) is 44.0 Å². The molecule has 9 aromatic rings. The monoisotopic (exact) mass is 589 g/mol. The lowest BCUT2D eigenvalue weighted by Gasteiger charge is -2.20. The van der Waals surface area contributed by atoms with Crippen LogP contribution in [0.1, 0.15) is 0 Å². The Kier molecular flexibility index (Phi) is 6.07. The second-order valence-corrected chi connectivity index (χ2v) is 12.5. The first-order valence-electron chi connectivity index (χ1n) is 15.3. The van der Waals surface area contributed by atoms with Gasteiger partial charge in [-0.25, -0.2) is 4.98 Å². The number of hydrogen-bond donors (Lipinski definition) is 0. The standard InChI is InChI=1S/C43H27NS/c1-2-12-28(13-3-1)37-26-31-14-4-5-15-32(31)27-38(37)42-35-18-8-6-16-33(35)41(34-17-7-9-19-36(34)42)29-22-24-30(25-23-29)43-44-39-20-10-11-21-40(39)45-43/h1-27H. The molecule has 1 aromatic heterocycles. The summed E-state index contributed by atoms with van der Waals surface area (Å²) in [6, 6.07) is 59.4. The molecule has 0 aliphatic rings. The minimum Gasteiger partial charge on any atom is -0.236 e. The van der Waals surface area contributed by atoms with Crippen molar-refractivity contribution in [1.82, 2.24) is 4.98 Å². The molecule has 0 unspecified atom stereocenters. The van der Waals surface area contributed by atoms with Crippen molar-refractivity contribution >= 4 is 53.9 Å². The van der Waals surface area contributed by atoms with E-state index in [1.165, 1.54) is 70.4 Å². The van der Waals surface area contributed by atoms with Crippen LogP contribution in [0.5, 0.6) is 0 Å². The molecule has 0 saturated carbocycles. The van der Waals surface area contributed by atoms with Crippen LogP contribution in [0.4, 0.5) is 0 Å². The molecule has 0 saturated heterocycles. The molecule has 0 aliphatic carbocycles. The molecular formula is C43H27NS. The lowest BCUT2D eigenvalue weighted by atomic mass is 9.83. The Morgan fingerprint density at radius 3 is 1.53 bits per heavy atom. The van der Waals surface area contributed by atoms with Gasteiger partial charge in [-0.15, -0.1) is 11.3 Å². The Labute approximate surface area is 265 Å². The highest BCUT2D eigenvalue weighted by Gasteiger charge is 2.19. The summed E-state index contributed by atoms with van der Waals surface area (Å²) >= 11 is 1.75. The summed E-state index contributed by atoms with van der Waals surface area (Å²) in [7, 11) is 0. The topological polar surface area (TPSA) is 12.9 Å². The van der Waals surface area contributed by atoms with Gasteiger partial charge in [0.15, 0.2) is 0 Å². The van der Waals surface area contributed by atoms with Gasteiger partial charge < -0.3 is 0 Å². The van der Waals surface area contributed by atoms with E-state index in [1.54, 1.807) is 11.3 Å². The van der Waals surface area contributed by atoms with Gasteiger partial charge in [-0.1, -0.05) is 140 Å². The summed E-state index contributed by atoms with van der Waals surface area (Å²) in [4.78, 5) is 4.90. The molecule has 0 N–H and O–H groups in total. The van der Waals surface area contributed by atoms with E-state index in [-0.39, 0.29) is 0 Å². The predicted octanol–water partition coefficient (Wildman–Crippen LogP) is 12.4. The number of benzene rings is 8. The zero-order valence-corrected chi connectivity index (χ0v) is 25.3. The Hall–Kier alpha value is -5.57. The van der Waals surface area contributed by atoms with Gasteiger partial charge in [0.05, 0.1) is 10.2 Å². The van der Waals surface area contributed by atoms with Crippen LogP contribution in [-0.2, 0) is 0 Å². The van der Waals surface area contributed by atoms with Gasteiger partial charge in [-0.3, -0.25) is 0 Å². The van der Waals surface area contributed by atoms with Gasteiger partial charge in [-0.2, -0.15) is 0 Å². The molecule has 45 heavy (non-hydrogen) atoms. The third-order valence-corrected chi connectivity index (χ3v) is 9.97. The Morgan fingerprint density at radius 2 is 0.889 bits per heavy atom. The van der Waals surface area contributed by atoms with Gasteiger partial charge in [0.25, 0.3) is 0 Å². The second-order valence-electron chi connectivity index (χ2n) is 11.5. The molecule has 8 aromatic carbocycles. The van der Waals surface area contributed by atoms with Crippen molar-refractivity contribution in [1.29, 1.82) is 0 Å². The SMILES string of the molecule is c1ccc(-c2cc3ccccc3cc2-c2c3ccccc3c(-c3ccc(-c4nc5ccccc5s4)cc3)c3ccccc23)cc1. The fourth-order valence-electron chi connectivity index (χ4n) is 6.81. The van der Waals surface area contributed by atoms with Crippen LogP contribution >= 0.6 is 11.3 Å². The van der Waals surface area contributed by atoms with E-state index in [2.05, 4.69) is 164 Å². The Bertz CT molecular complexity index is 2430. The molecule has 0 fully saturated rings. The first-order valence-corrected chi connectivity index (χ1v) is 16.1. The zero-order valence-electron chi connectivity index (χ0n) is 24.4. The van der Waals surface area contributed by atoms with Crippen molar-refractivity contribution in [3.63, 3.8) is 0 Å². The Morgan fingerprint density at radius 1 is 0.378 bits per heavy atom. The van der Waals surface area contributed by atoms with E-state index >= 15 is 0 Å². The summed E-state index contributed by atoms with van der Waals surface area (Å²) in [5.74, 6) is 0. The summed E-state index contributed by atoms with van der Waals surface area (Å²) in [5, 5.41) is 8.58. The molecule has 0 amide bonds. The quantitative estimate of drug-likeness (QED) is 0.186. The molecule has 9 rings (SSSR count). The van der Waals surface area contributed by atoms with Crippen LogP contribution in [0.15, 0.2) is 164 Å². The molecule has 0 atom stereocenters. The van der Waals surface area contributed by atoms with Crippen molar-refractivity contribution in [2.45, 2.75) is 0 Å². The van der Waals surface area contributed by atoms with Crippen molar-refractivity contribution < 1.29 is 0 Å². The van der Waals surface area contributed by atoms with E-state index in [9.17, 15) is 0 Å². The number of fused-ring (bicyclic) bond motifs is 4. The fourth-order valence-corrected chi connectivity index (χ4v) is 7.78. The van der Waals surface area contributed by atoms with Crippen molar-refractivity contribution in [2.75, 3.05) is 0 Å². The number of nitrogens with zero attached hydrogens (tertiary/aromatic N) is 1. The van der Waals surface area contributed by atoms with E-state index in [0.717, 1.165) is 16.1 Å². The molecular weight excluding hydrogens is 563 g/mol. The summed E-state index contributed by atoms with van der Waals surface area (Å²) in [6.07, 6.45) is 0. The predicted molar refractivity (Wildman–Crippen MR) is 194 cm³/mol. The number of hydrogen-bond acceptors (Lipinski definition) is 2. The minimum atomic E-state index is 1.05. The van der Waals surface area contributed by atoms with E-state index in [0.29, 0.717) is 0 Å². The minimum absolute atomic E-state index is 1.05. The van der Waals surface area contributed by atoms with Gasteiger partial charge in [0.1, 0.15) is 5.01 Å². The number of aromatic nitrogens is 1. The molecule has 0 radical (unpaired) electrons. The van der Waals surface area contributed by atoms with Crippen LogP contribution < -0.4 is 0 Å². The lowest BCUT2D eigenvalue weighted by Crippen LogP contribution is -1.93. The first kappa shape index (κ1) is 25.9. The third kappa shape index (κ3) is 4.34. The van der Waals surface area contributed by atoms with Crippen LogP contribution in [0.25, 0.3) is 86.5 Å². The summed E-state index contributed by atoms with van der Waals surface area (Å²) in [6.45, 7) is 0. The van der Waals surface area contributed by atoms with E-state index < -0.39 is 0 Å². The van der Waals surface area contributed by atoms with Crippen LogP contribution in [0.3, 0.4) is 0 Å². The fraction of sp³-hybridized carbons (Fsp3) is 0. The number of para-hydroxylation sites is 1. The molecule has 1 heterocycles. The highest BCUT2D eigenvalue weighted by atomic mass is 32.1. The molecule has 0 bridgehead atoms. The number of rotatable bonds is 4. The second kappa shape index (κ2) is 10.6. The molecule has 0 spiro atoms. The maximum atomic E-state index is 4.90. The molecule has 1 nitrogen and oxygen atoms in total. The van der Waals surface area contributed by atoms with Crippen LogP contribution in [0.2, 0.25) is 0 Å². The van der Waals surface area contributed by atoms with Gasteiger partial charge >= 0.3 is 0 Å². The van der Waals surface area contributed by atoms with Crippen LogP contribution in [0, 0.1) is 0 Å². The normalized spacial score (nSPS) is 11.6. The molecule has 0 aliphatic heterocycles. The maximum Gasteiger partial charge on any atom is 0.124 e. The average molecular weight is 590 g/mol. The zero-order chi connectivity index (χ0) is 29.7. The lowest BCUT2D eigenvalue weighted by molar-refractivity contribution is 1.48. The molecule has 2 heteroatoms. The van der Waals surface area contributed by atoms with E-state index in [4.69, 9.17) is 4.98 Å². The number of thiazole rings is 1. The summed E-state index contributed by atoms with van der Waals surface area (Å²) < 4.78 is 1.22.